The van der Waals surface area contributed by atoms with Crippen molar-refractivity contribution in [2.24, 2.45) is 5.41 Å². The van der Waals surface area contributed by atoms with Gasteiger partial charge in [-0.05, 0) is 6.42 Å². The predicted molar refractivity (Wildman–Crippen MR) is 67.8 cm³/mol. The monoisotopic (exact) mass is 242 g/mol. The van der Waals surface area contributed by atoms with Gasteiger partial charge in [-0.15, -0.1) is 0 Å². The Morgan fingerprint density at radius 2 is 1.88 bits per heavy atom. The lowest BCUT2D eigenvalue weighted by atomic mass is 9.93. The molecule has 0 spiro atoms. The molecule has 0 amide bonds. The van der Waals surface area contributed by atoms with Crippen LogP contribution in [0.15, 0.2) is 0 Å². The molecule has 100 valence electrons. The minimum absolute atomic E-state index is 0.0346. The van der Waals surface area contributed by atoms with E-state index in [2.05, 4.69) is 27.7 Å². The Morgan fingerprint density at radius 1 is 1.24 bits per heavy atom. The van der Waals surface area contributed by atoms with Gasteiger partial charge in [-0.3, -0.25) is 0 Å². The zero-order valence-corrected chi connectivity index (χ0v) is 11.6. The van der Waals surface area contributed by atoms with E-state index in [0.29, 0.717) is 6.42 Å². The van der Waals surface area contributed by atoms with Gasteiger partial charge in [0.2, 0.25) is 0 Å². The summed E-state index contributed by atoms with van der Waals surface area (Å²) in [5.74, 6) is 0. The van der Waals surface area contributed by atoms with Gasteiger partial charge in [-0.1, -0.05) is 40.5 Å². The van der Waals surface area contributed by atoms with Crippen LogP contribution in [0.1, 0.15) is 59.8 Å². The first-order chi connectivity index (χ1) is 7.97. The highest BCUT2D eigenvalue weighted by atomic mass is 16.7. The van der Waals surface area contributed by atoms with Crippen LogP contribution in [0, 0.1) is 5.41 Å². The van der Waals surface area contributed by atoms with Crippen molar-refractivity contribution in [1.82, 2.24) is 0 Å². The minimum Gasteiger partial charge on any atom is -0.349 e. The van der Waals surface area contributed by atoms with Crippen molar-refractivity contribution in [1.29, 1.82) is 0 Å². The Morgan fingerprint density at radius 3 is 2.41 bits per heavy atom. The molecule has 1 aliphatic rings. The van der Waals surface area contributed by atoms with Crippen LogP contribution in [0.5, 0.6) is 0 Å². The van der Waals surface area contributed by atoms with Crippen LogP contribution in [0.25, 0.3) is 0 Å². The van der Waals surface area contributed by atoms with E-state index in [1.807, 2.05) is 0 Å². The summed E-state index contributed by atoms with van der Waals surface area (Å²) in [5.41, 5.74) is -0.0357. The Kier molecular flexibility index (Phi) is 5.60. The molecule has 1 heterocycles. The Labute approximate surface area is 105 Å². The average Bonchev–Trinajstić information content (AvgIpc) is 2.25. The van der Waals surface area contributed by atoms with E-state index in [0.717, 1.165) is 19.1 Å². The van der Waals surface area contributed by atoms with Gasteiger partial charge in [0.05, 0.1) is 12.2 Å². The largest absolute Gasteiger partial charge is 0.349 e. The maximum atomic E-state index is 10.6. The van der Waals surface area contributed by atoms with Crippen molar-refractivity contribution in [3.8, 4) is 0 Å². The van der Waals surface area contributed by atoms with E-state index >= 15 is 0 Å². The number of aldehydes is 1. The number of hydrogen-bond donors (Lipinski definition) is 0. The molecule has 0 radical (unpaired) electrons. The summed E-state index contributed by atoms with van der Waals surface area (Å²) < 4.78 is 11.8. The van der Waals surface area contributed by atoms with Crippen LogP contribution >= 0.6 is 0 Å². The minimum atomic E-state index is -0.192. The standard InChI is InChI=1S/C14H26O3/c1-5-6-7-11-10-12(8-9-15)17-13(16-11)14(2,3)4/h9,11-13H,5-8,10H2,1-4H3/t11-,12-,13+/m1/s1. The van der Waals surface area contributed by atoms with Crippen molar-refractivity contribution >= 4 is 6.29 Å². The van der Waals surface area contributed by atoms with E-state index in [1.54, 1.807) is 0 Å². The molecule has 0 bridgehead atoms. The zero-order chi connectivity index (χ0) is 12.9. The van der Waals surface area contributed by atoms with Crippen molar-refractivity contribution in [2.75, 3.05) is 0 Å². The van der Waals surface area contributed by atoms with Gasteiger partial charge in [0.1, 0.15) is 6.29 Å². The second-order valence-corrected chi connectivity index (χ2v) is 5.99. The third kappa shape index (κ3) is 4.76. The van der Waals surface area contributed by atoms with Gasteiger partial charge < -0.3 is 14.3 Å². The van der Waals surface area contributed by atoms with E-state index < -0.39 is 0 Å². The molecule has 0 aromatic heterocycles. The number of unbranched alkanes of at least 4 members (excludes halogenated alkanes) is 1. The smallest absolute Gasteiger partial charge is 0.163 e. The molecule has 3 atom stereocenters. The molecular weight excluding hydrogens is 216 g/mol. The molecule has 0 aliphatic carbocycles. The van der Waals surface area contributed by atoms with Gasteiger partial charge in [-0.2, -0.15) is 0 Å². The number of hydrogen-bond acceptors (Lipinski definition) is 3. The third-order valence-corrected chi connectivity index (χ3v) is 3.10. The highest BCUT2D eigenvalue weighted by Gasteiger charge is 2.36. The normalized spacial score (nSPS) is 30.2. The molecule has 0 aromatic rings. The lowest BCUT2D eigenvalue weighted by Crippen LogP contribution is -2.44. The fourth-order valence-corrected chi connectivity index (χ4v) is 2.07. The summed E-state index contributed by atoms with van der Waals surface area (Å²) in [5, 5.41) is 0. The second-order valence-electron chi connectivity index (χ2n) is 5.99. The fraction of sp³-hybridized carbons (Fsp3) is 0.929. The first-order valence-corrected chi connectivity index (χ1v) is 6.72. The van der Waals surface area contributed by atoms with Crippen LogP contribution in [0.2, 0.25) is 0 Å². The summed E-state index contributed by atoms with van der Waals surface area (Å²) in [6, 6.07) is 0. The molecule has 1 saturated heterocycles. The number of rotatable bonds is 5. The SMILES string of the molecule is CCCC[C@@H]1C[C@@H](CC=O)O[C@@H](C(C)(C)C)O1. The molecule has 1 rings (SSSR count). The third-order valence-electron chi connectivity index (χ3n) is 3.10. The first kappa shape index (κ1) is 14.7. The number of ether oxygens (including phenoxy) is 2. The predicted octanol–water partition coefficient (Wildman–Crippen LogP) is 3.31. The number of carbonyl (C=O) groups is 1. The zero-order valence-electron chi connectivity index (χ0n) is 11.6. The van der Waals surface area contributed by atoms with Gasteiger partial charge in [0, 0.05) is 18.3 Å². The summed E-state index contributed by atoms with van der Waals surface area (Å²) in [7, 11) is 0. The summed E-state index contributed by atoms with van der Waals surface area (Å²) in [4.78, 5) is 10.6. The average molecular weight is 242 g/mol. The van der Waals surface area contributed by atoms with Gasteiger partial charge in [-0.25, -0.2) is 0 Å². The molecular formula is C14H26O3. The van der Waals surface area contributed by atoms with Crippen LogP contribution in [0.3, 0.4) is 0 Å². The molecule has 3 nitrogen and oxygen atoms in total. The maximum absolute atomic E-state index is 10.6. The maximum Gasteiger partial charge on any atom is 0.163 e. The topological polar surface area (TPSA) is 35.5 Å². The molecule has 0 saturated carbocycles. The lowest BCUT2D eigenvalue weighted by Gasteiger charge is -2.41. The molecule has 0 N–H and O–H groups in total. The summed E-state index contributed by atoms with van der Waals surface area (Å²) >= 11 is 0. The molecule has 0 unspecified atom stereocenters. The lowest BCUT2D eigenvalue weighted by molar-refractivity contribution is -0.279. The Bertz CT molecular complexity index is 232. The second kappa shape index (κ2) is 6.50. The van der Waals surface area contributed by atoms with E-state index in [-0.39, 0.29) is 23.9 Å². The van der Waals surface area contributed by atoms with Gasteiger partial charge in [0.25, 0.3) is 0 Å². The first-order valence-electron chi connectivity index (χ1n) is 6.72. The number of carbonyl (C=O) groups excluding carboxylic acids is 1. The van der Waals surface area contributed by atoms with Gasteiger partial charge >= 0.3 is 0 Å². The van der Waals surface area contributed by atoms with Crippen molar-refractivity contribution in [3.05, 3.63) is 0 Å². The summed E-state index contributed by atoms with van der Waals surface area (Å²) in [6.07, 6.45) is 5.81. The van der Waals surface area contributed by atoms with Crippen LogP contribution < -0.4 is 0 Å². The summed E-state index contributed by atoms with van der Waals surface area (Å²) in [6.45, 7) is 8.51. The van der Waals surface area contributed by atoms with Crippen molar-refractivity contribution in [3.63, 3.8) is 0 Å². The van der Waals surface area contributed by atoms with E-state index in [4.69, 9.17) is 9.47 Å². The highest BCUT2D eigenvalue weighted by molar-refractivity contribution is 5.50. The quantitative estimate of drug-likeness (QED) is 0.694. The van der Waals surface area contributed by atoms with Crippen molar-refractivity contribution < 1.29 is 14.3 Å². The molecule has 1 fully saturated rings. The Balaban J connectivity index is 2.59. The van der Waals surface area contributed by atoms with Crippen LogP contribution in [-0.2, 0) is 14.3 Å². The molecule has 0 aromatic carbocycles. The van der Waals surface area contributed by atoms with Crippen LogP contribution in [-0.4, -0.2) is 24.8 Å². The fourth-order valence-electron chi connectivity index (χ4n) is 2.07. The van der Waals surface area contributed by atoms with Crippen molar-refractivity contribution in [2.45, 2.75) is 78.3 Å². The van der Waals surface area contributed by atoms with E-state index in [1.165, 1.54) is 12.8 Å². The molecule has 17 heavy (non-hydrogen) atoms. The molecule has 1 aliphatic heterocycles. The highest BCUT2D eigenvalue weighted by Crippen LogP contribution is 2.33. The van der Waals surface area contributed by atoms with Crippen LogP contribution in [0.4, 0.5) is 0 Å². The molecule has 3 heteroatoms. The Hall–Kier alpha value is -0.410. The van der Waals surface area contributed by atoms with E-state index in [9.17, 15) is 4.79 Å². The van der Waals surface area contributed by atoms with Gasteiger partial charge in [0.15, 0.2) is 6.29 Å².